The zero-order valence-electron chi connectivity index (χ0n) is 12.4. The van der Waals surface area contributed by atoms with E-state index in [1.54, 1.807) is 7.11 Å². The van der Waals surface area contributed by atoms with Gasteiger partial charge >= 0.3 is 0 Å². The number of likely N-dealkylation sites (N-methyl/N-ethyl adjacent to an activating group) is 1. The smallest absolute Gasteiger partial charge is 0.0857 e. The lowest BCUT2D eigenvalue weighted by molar-refractivity contribution is -0.0318. The van der Waals surface area contributed by atoms with Crippen LogP contribution in [0.3, 0.4) is 0 Å². The fraction of sp³-hybridized carbons (Fsp3) is 0.786. The average Bonchev–Trinajstić information content (AvgIpc) is 2.83. The molecule has 4 nitrogen and oxygen atoms in total. The van der Waals surface area contributed by atoms with Gasteiger partial charge in [-0.15, -0.1) is 0 Å². The molecule has 1 heterocycles. The lowest BCUT2D eigenvalue weighted by Gasteiger charge is -2.36. The first-order valence-corrected chi connectivity index (χ1v) is 6.93. The maximum Gasteiger partial charge on any atom is 0.0857 e. The summed E-state index contributed by atoms with van der Waals surface area (Å²) in [6.45, 7) is 10.5. The Morgan fingerprint density at radius 2 is 2.17 bits per heavy atom. The Hall–Kier alpha value is -0.870. The lowest BCUT2D eigenvalue weighted by Crippen LogP contribution is -2.43. The number of nitrogens with one attached hydrogen (secondary N) is 1. The molecule has 0 bridgehead atoms. The molecule has 0 aliphatic rings. The number of ether oxygens (including phenoxy) is 1. The SMILES string of the molecule is CCCn1nccc1C(NCC)C(C)(CC)OC. The van der Waals surface area contributed by atoms with E-state index in [0.717, 1.165) is 25.9 Å². The lowest BCUT2D eigenvalue weighted by atomic mass is 9.90. The van der Waals surface area contributed by atoms with Crippen LogP contribution >= 0.6 is 0 Å². The summed E-state index contributed by atoms with van der Waals surface area (Å²) < 4.78 is 7.84. The van der Waals surface area contributed by atoms with Crippen molar-refractivity contribution in [2.75, 3.05) is 13.7 Å². The standard InChI is InChI=1S/C14H27N3O/c1-6-11-17-12(9-10-16-17)13(15-8-3)14(4,7-2)18-5/h9-10,13,15H,6-8,11H2,1-5H3. The van der Waals surface area contributed by atoms with Crippen LogP contribution in [0.2, 0.25) is 0 Å². The van der Waals surface area contributed by atoms with Crippen molar-refractivity contribution in [2.24, 2.45) is 0 Å². The highest BCUT2D eigenvalue weighted by molar-refractivity contribution is 5.12. The molecule has 1 aromatic heterocycles. The number of hydrogen-bond donors (Lipinski definition) is 1. The number of aryl methyl sites for hydroxylation is 1. The van der Waals surface area contributed by atoms with Gasteiger partial charge in [0, 0.05) is 19.9 Å². The summed E-state index contributed by atoms with van der Waals surface area (Å²) in [4.78, 5) is 0. The van der Waals surface area contributed by atoms with Crippen LogP contribution in [-0.4, -0.2) is 29.0 Å². The third kappa shape index (κ3) is 3.12. The van der Waals surface area contributed by atoms with E-state index in [4.69, 9.17) is 4.74 Å². The summed E-state index contributed by atoms with van der Waals surface area (Å²) in [5.74, 6) is 0. The van der Waals surface area contributed by atoms with E-state index in [1.165, 1.54) is 5.69 Å². The monoisotopic (exact) mass is 253 g/mol. The molecule has 0 aromatic carbocycles. The first kappa shape index (κ1) is 15.2. The average molecular weight is 253 g/mol. The zero-order chi connectivity index (χ0) is 13.6. The number of aromatic nitrogens is 2. The molecule has 4 heteroatoms. The Balaban J connectivity index is 3.06. The summed E-state index contributed by atoms with van der Waals surface area (Å²) in [5.41, 5.74) is 1.01. The third-order valence-electron chi connectivity index (χ3n) is 3.67. The minimum Gasteiger partial charge on any atom is -0.376 e. The van der Waals surface area contributed by atoms with Crippen LogP contribution in [0.5, 0.6) is 0 Å². The van der Waals surface area contributed by atoms with E-state index in [0.29, 0.717) is 0 Å². The zero-order valence-corrected chi connectivity index (χ0v) is 12.4. The Labute approximate surface area is 111 Å². The van der Waals surface area contributed by atoms with E-state index in [2.05, 4.69) is 48.9 Å². The minimum absolute atomic E-state index is 0.173. The summed E-state index contributed by atoms with van der Waals surface area (Å²) in [5, 5.41) is 7.95. The van der Waals surface area contributed by atoms with Crippen molar-refractivity contribution in [2.45, 2.75) is 58.7 Å². The maximum atomic E-state index is 5.75. The molecule has 0 amide bonds. The third-order valence-corrected chi connectivity index (χ3v) is 3.67. The van der Waals surface area contributed by atoms with E-state index >= 15 is 0 Å². The van der Waals surface area contributed by atoms with Gasteiger partial charge in [0.05, 0.1) is 17.3 Å². The molecule has 2 unspecified atom stereocenters. The molecule has 0 spiro atoms. The molecule has 0 fully saturated rings. The molecule has 2 atom stereocenters. The van der Waals surface area contributed by atoms with Crippen LogP contribution in [0.1, 0.15) is 52.3 Å². The second-order valence-corrected chi connectivity index (χ2v) is 4.84. The second kappa shape index (κ2) is 6.90. The fourth-order valence-electron chi connectivity index (χ4n) is 2.29. The van der Waals surface area contributed by atoms with Crippen molar-refractivity contribution < 1.29 is 4.74 Å². The van der Waals surface area contributed by atoms with Crippen molar-refractivity contribution in [1.82, 2.24) is 15.1 Å². The quantitative estimate of drug-likeness (QED) is 0.774. The largest absolute Gasteiger partial charge is 0.376 e. The number of nitrogens with zero attached hydrogens (tertiary/aromatic N) is 2. The highest BCUT2D eigenvalue weighted by Gasteiger charge is 2.35. The molecule has 0 saturated heterocycles. The summed E-state index contributed by atoms with van der Waals surface area (Å²) in [6, 6.07) is 2.27. The van der Waals surface area contributed by atoms with Crippen LogP contribution < -0.4 is 5.32 Å². The van der Waals surface area contributed by atoms with Crippen molar-refractivity contribution >= 4 is 0 Å². The van der Waals surface area contributed by atoms with E-state index in [-0.39, 0.29) is 11.6 Å². The van der Waals surface area contributed by atoms with Crippen molar-refractivity contribution in [3.63, 3.8) is 0 Å². The van der Waals surface area contributed by atoms with E-state index in [1.807, 2.05) is 6.20 Å². The molecule has 1 N–H and O–H groups in total. The van der Waals surface area contributed by atoms with Gasteiger partial charge in [-0.05, 0) is 32.4 Å². The van der Waals surface area contributed by atoms with Crippen LogP contribution in [0, 0.1) is 0 Å². The van der Waals surface area contributed by atoms with Gasteiger partial charge in [0.15, 0.2) is 0 Å². The number of methoxy groups -OCH3 is 1. The summed E-state index contributed by atoms with van der Waals surface area (Å²) in [7, 11) is 1.79. The summed E-state index contributed by atoms with van der Waals surface area (Å²) >= 11 is 0. The van der Waals surface area contributed by atoms with Gasteiger partial charge in [-0.2, -0.15) is 5.10 Å². The molecule has 1 aromatic rings. The first-order valence-electron chi connectivity index (χ1n) is 6.93. The van der Waals surface area contributed by atoms with E-state index < -0.39 is 0 Å². The molecule has 0 aliphatic carbocycles. The second-order valence-electron chi connectivity index (χ2n) is 4.84. The van der Waals surface area contributed by atoms with E-state index in [9.17, 15) is 0 Å². The van der Waals surface area contributed by atoms with Gasteiger partial charge in [-0.3, -0.25) is 4.68 Å². The van der Waals surface area contributed by atoms with Crippen LogP contribution in [-0.2, 0) is 11.3 Å². The van der Waals surface area contributed by atoms with Gasteiger partial charge in [0.25, 0.3) is 0 Å². The molecule has 0 radical (unpaired) electrons. The highest BCUT2D eigenvalue weighted by Crippen LogP contribution is 2.31. The molecule has 0 saturated carbocycles. The highest BCUT2D eigenvalue weighted by atomic mass is 16.5. The van der Waals surface area contributed by atoms with Gasteiger partial charge in [-0.25, -0.2) is 0 Å². The summed E-state index contributed by atoms with van der Waals surface area (Å²) in [6.07, 6.45) is 3.92. The topological polar surface area (TPSA) is 39.1 Å². The first-order chi connectivity index (χ1) is 8.62. The molecular weight excluding hydrogens is 226 g/mol. The van der Waals surface area contributed by atoms with Crippen molar-refractivity contribution in [3.05, 3.63) is 18.0 Å². The molecule has 0 aliphatic heterocycles. The Kier molecular flexibility index (Phi) is 5.82. The van der Waals surface area contributed by atoms with Gasteiger partial charge in [-0.1, -0.05) is 20.8 Å². The fourth-order valence-corrected chi connectivity index (χ4v) is 2.29. The van der Waals surface area contributed by atoms with Gasteiger partial charge < -0.3 is 10.1 Å². The minimum atomic E-state index is -0.207. The molecular formula is C14H27N3O. The number of hydrogen-bond acceptors (Lipinski definition) is 3. The van der Waals surface area contributed by atoms with Crippen LogP contribution in [0.25, 0.3) is 0 Å². The van der Waals surface area contributed by atoms with Gasteiger partial charge in [0.1, 0.15) is 0 Å². The number of rotatable bonds is 8. The van der Waals surface area contributed by atoms with Crippen LogP contribution in [0.15, 0.2) is 12.3 Å². The van der Waals surface area contributed by atoms with Crippen molar-refractivity contribution in [1.29, 1.82) is 0 Å². The van der Waals surface area contributed by atoms with Gasteiger partial charge in [0.2, 0.25) is 0 Å². The van der Waals surface area contributed by atoms with Crippen molar-refractivity contribution in [3.8, 4) is 0 Å². The normalized spacial score (nSPS) is 16.5. The Morgan fingerprint density at radius 1 is 1.44 bits per heavy atom. The molecule has 104 valence electrons. The predicted octanol–water partition coefficient (Wildman–Crippen LogP) is 2.76. The Bertz CT molecular complexity index is 345. The predicted molar refractivity (Wildman–Crippen MR) is 74.6 cm³/mol. The molecule has 1 rings (SSSR count). The maximum absolute atomic E-state index is 5.75. The van der Waals surface area contributed by atoms with Crippen LogP contribution in [0.4, 0.5) is 0 Å². The Morgan fingerprint density at radius 3 is 2.67 bits per heavy atom. The molecule has 18 heavy (non-hydrogen) atoms.